The second-order valence-electron chi connectivity index (χ2n) is 5.25. The Morgan fingerprint density at radius 3 is 2.33 bits per heavy atom. The Kier molecular flexibility index (Phi) is 4.99. The molecule has 2 aromatic rings. The molecular weight excluding hydrogens is 284 g/mol. The summed E-state index contributed by atoms with van der Waals surface area (Å²) in [6.45, 7) is 1.98. The lowest BCUT2D eigenvalue weighted by atomic mass is 9.85. The van der Waals surface area contributed by atoms with E-state index in [9.17, 15) is 4.79 Å². The first-order valence-corrected chi connectivity index (χ1v) is 7.22. The number of halogens is 1. The van der Waals surface area contributed by atoms with Crippen molar-refractivity contribution in [3.63, 3.8) is 0 Å². The van der Waals surface area contributed by atoms with Gasteiger partial charge in [0.05, 0.1) is 12.1 Å². The van der Waals surface area contributed by atoms with Crippen LogP contribution >= 0.6 is 11.6 Å². The van der Waals surface area contributed by atoms with Gasteiger partial charge in [0.15, 0.2) is 0 Å². The van der Waals surface area contributed by atoms with Gasteiger partial charge < -0.3 is 11.1 Å². The maximum Gasteiger partial charge on any atom is 0.234 e. The largest absolute Gasteiger partial charge is 0.345 e. The third kappa shape index (κ3) is 4.06. The lowest BCUT2D eigenvalue weighted by molar-refractivity contribution is -0.121. The van der Waals surface area contributed by atoms with Crippen molar-refractivity contribution < 1.29 is 4.79 Å². The predicted octanol–water partition coefficient (Wildman–Crippen LogP) is 2.87. The SMILES string of the molecule is CC(Cc1ccc(Cl)cc1)(NC(=O)CN)c1ccccc1. The highest BCUT2D eigenvalue weighted by Gasteiger charge is 2.28. The molecule has 3 nitrogen and oxygen atoms in total. The molecule has 1 atom stereocenters. The number of hydrogen-bond acceptors (Lipinski definition) is 2. The van der Waals surface area contributed by atoms with E-state index in [-0.39, 0.29) is 12.5 Å². The fourth-order valence-electron chi connectivity index (χ4n) is 2.39. The summed E-state index contributed by atoms with van der Waals surface area (Å²) in [5, 5.41) is 3.73. The highest BCUT2D eigenvalue weighted by molar-refractivity contribution is 6.30. The number of rotatable bonds is 5. The fourth-order valence-corrected chi connectivity index (χ4v) is 2.52. The van der Waals surface area contributed by atoms with E-state index in [2.05, 4.69) is 5.32 Å². The third-order valence-electron chi connectivity index (χ3n) is 3.48. The van der Waals surface area contributed by atoms with Gasteiger partial charge in [0, 0.05) is 5.02 Å². The van der Waals surface area contributed by atoms with Crippen molar-refractivity contribution >= 4 is 17.5 Å². The molecule has 0 heterocycles. The highest BCUT2D eigenvalue weighted by atomic mass is 35.5. The Labute approximate surface area is 130 Å². The Bertz CT molecular complexity index is 598. The van der Waals surface area contributed by atoms with Crippen LogP contribution in [0.4, 0.5) is 0 Å². The van der Waals surface area contributed by atoms with E-state index in [1.807, 2.05) is 61.5 Å². The maximum absolute atomic E-state index is 11.8. The van der Waals surface area contributed by atoms with E-state index in [4.69, 9.17) is 17.3 Å². The number of nitrogens with two attached hydrogens (primary N) is 1. The molecule has 110 valence electrons. The molecule has 2 aromatic carbocycles. The molecule has 0 fully saturated rings. The zero-order chi connectivity index (χ0) is 15.3. The van der Waals surface area contributed by atoms with Crippen molar-refractivity contribution in [2.24, 2.45) is 5.73 Å². The Morgan fingerprint density at radius 2 is 1.76 bits per heavy atom. The van der Waals surface area contributed by atoms with E-state index in [0.717, 1.165) is 11.1 Å². The van der Waals surface area contributed by atoms with Crippen LogP contribution in [-0.4, -0.2) is 12.5 Å². The Hall–Kier alpha value is -1.84. The van der Waals surface area contributed by atoms with Crippen LogP contribution in [0.3, 0.4) is 0 Å². The van der Waals surface area contributed by atoms with Crippen LogP contribution < -0.4 is 11.1 Å². The van der Waals surface area contributed by atoms with Gasteiger partial charge in [0.2, 0.25) is 5.91 Å². The first kappa shape index (κ1) is 15.5. The van der Waals surface area contributed by atoms with Crippen molar-refractivity contribution in [1.29, 1.82) is 0 Å². The topological polar surface area (TPSA) is 55.1 Å². The van der Waals surface area contributed by atoms with Crippen molar-refractivity contribution in [3.8, 4) is 0 Å². The van der Waals surface area contributed by atoms with E-state index in [0.29, 0.717) is 11.4 Å². The molecule has 4 heteroatoms. The van der Waals surface area contributed by atoms with Crippen molar-refractivity contribution in [2.75, 3.05) is 6.54 Å². The first-order chi connectivity index (χ1) is 10.0. The number of hydrogen-bond donors (Lipinski definition) is 2. The summed E-state index contributed by atoms with van der Waals surface area (Å²) in [6, 6.07) is 17.5. The van der Waals surface area contributed by atoms with Gasteiger partial charge in [-0.05, 0) is 36.6 Å². The lowest BCUT2D eigenvalue weighted by Gasteiger charge is -2.31. The van der Waals surface area contributed by atoms with Gasteiger partial charge in [0.25, 0.3) is 0 Å². The molecule has 21 heavy (non-hydrogen) atoms. The van der Waals surface area contributed by atoms with Gasteiger partial charge in [-0.25, -0.2) is 0 Å². The van der Waals surface area contributed by atoms with Crippen LogP contribution in [0.15, 0.2) is 54.6 Å². The van der Waals surface area contributed by atoms with Crippen molar-refractivity contribution in [2.45, 2.75) is 18.9 Å². The van der Waals surface area contributed by atoms with E-state index >= 15 is 0 Å². The summed E-state index contributed by atoms with van der Waals surface area (Å²) < 4.78 is 0. The molecule has 0 aromatic heterocycles. The zero-order valence-electron chi connectivity index (χ0n) is 12.0. The molecule has 0 radical (unpaired) electrons. The Balaban J connectivity index is 2.31. The molecule has 1 unspecified atom stereocenters. The van der Waals surface area contributed by atoms with Gasteiger partial charge in [-0.1, -0.05) is 54.1 Å². The fraction of sp³-hybridized carbons (Fsp3) is 0.235. The normalized spacial score (nSPS) is 13.5. The van der Waals surface area contributed by atoms with E-state index < -0.39 is 5.54 Å². The average molecular weight is 303 g/mol. The average Bonchev–Trinajstić information content (AvgIpc) is 2.50. The monoisotopic (exact) mass is 302 g/mol. The second kappa shape index (κ2) is 6.74. The number of benzene rings is 2. The maximum atomic E-state index is 11.8. The number of nitrogens with one attached hydrogen (secondary N) is 1. The molecular formula is C17H19ClN2O. The molecule has 2 rings (SSSR count). The minimum absolute atomic E-state index is 0.0248. The number of carbonyl (C=O) groups excluding carboxylic acids is 1. The molecule has 0 aliphatic carbocycles. The van der Waals surface area contributed by atoms with E-state index in [1.54, 1.807) is 0 Å². The van der Waals surface area contributed by atoms with Gasteiger partial charge in [-0.2, -0.15) is 0 Å². The molecule has 1 amide bonds. The molecule has 0 aliphatic heterocycles. The quantitative estimate of drug-likeness (QED) is 0.892. The smallest absolute Gasteiger partial charge is 0.234 e. The molecule has 3 N–H and O–H groups in total. The van der Waals surface area contributed by atoms with Gasteiger partial charge in [-0.3, -0.25) is 4.79 Å². The van der Waals surface area contributed by atoms with Gasteiger partial charge >= 0.3 is 0 Å². The van der Waals surface area contributed by atoms with Crippen LogP contribution in [0.25, 0.3) is 0 Å². The van der Waals surface area contributed by atoms with Gasteiger partial charge in [-0.15, -0.1) is 0 Å². The van der Waals surface area contributed by atoms with Crippen LogP contribution in [0.2, 0.25) is 5.02 Å². The van der Waals surface area contributed by atoms with Crippen molar-refractivity contribution in [3.05, 3.63) is 70.7 Å². The molecule has 0 spiro atoms. The summed E-state index contributed by atoms with van der Waals surface area (Å²) in [5.74, 6) is -0.171. The van der Waals surface area contributed by atoms with Crippen LogP contribution in [0.1, 0.15) is 18.1 Å². The molecule has 0 saturated heterocycles. The van der Waals surface area contributed by atoms with E-state index in [1.165, 1.54) is 0 Å². The van der Waals surface area contributed by atoms with Gasteiger partial charge in [0.1, 0.15) is 0 Å². The minimum atomic E-state index is -0.508. The Morgan fingerprint density at radius 1 is 1.14 bits per heavy atom. The molecule has 0 saturated carbocycles. The summed E-state index contributed by atoms with van der Waals surface area (Å²) >= 11 is 5.92. The van der Waals surface area contributed by atoms with Crippen LogP contribution in [0.5, 0.6) is 0 Å². The minimum Gasteiger partial charge on any atom is -0.345 e. The first-order valence-electron chi connectivity index (χ1n) is 6.84. The zero-order valence-corrected chi connectivity index (χ0v) is 12.7. The van der Waals surface area contributed by atoms with Crippen LogP contribution in [0, 0.1) is 0 Å². The van der Waals surface area contributed by atoms with Crippen LogP contribution in [-0.2, 0) is 16.8 Å². The lowest BCUT2D eigenvalue weighted by Crippen LogP contribution is -2.47. The highest BCUT2D eigenvalue weighted by Crippen LogP contribution is 2.26. The summed E-state index contributed by atoms with van der Waals surface area (Å²) in [5.41, 5.74) is 7.08. The second-order valence-corrected chi connectivity index (χ2v) is 5.69. The summed E-state index contributed by atoms with van der Waals surface area (Å²) in [6.07, 6.45) is 0.667. The summed E-state index contributed by atoms with van der Waals surface area (Å²) in [4.78, 5) is 11.8. The summed E-state index contributed by atoms with van der Waals surface area (Å²) in [7, 11) is 0. The molecule has 0 aliphatic rings. The number of amides is 1. The standard InChI is InChI=1S/C17H19ClN2O/c1-17(20-16(21)12-19,14-5-3-2-4-6-14)11-13-7-9-15(18)10-8-13/h2-10H,11-12,19H2,1H3,(H,20,21). The molecule has 0 bridgehead atoms. The third-order valence-corrected chi connectivity index (χ3v) is 3.73. The van der Waals surface area contributed by atoms with Crippen molar-refractivity contribution in [1.82, 2.24) is 5.32 Å². The predicted molar refractivity (Wildman–Crippen MR) is 86.1 cm³/mol. The number of carbonyl (C=O) groups is 1.